The van der Waals surface area contributed by atoms with E-state index in [4.69, 9.17) is 4.74 Å². The van der Waals surface area contributed by atoms with E-state index in [0.717, 1.165) is 25.7 Å². The van der Waals surface area contributed by atoms with Crippen LogP contribution in [0.2, 0.25) is 0 Å². The summed E-state index contributed by atoms with van der Waals surface area (Å²) < 4.78 is 5.60. The molecule has 5 nitrogen and oxygen atoms in total. The molecule has 0 radical (unpaired) electrons. The van der Waals surface area contributed by atoms with Crippen molar-refractivity contribution in [1.82, 2.24) is 0 Å². The largest absolute Gasteiger partial charge is 0.481 e. The highest BCUT2D eigenvalue weighted by molar-refractivity contribution is 5.70. The van der Waals surface area contributed by atoms with Crippen molar-refractivity contribution >= 4 is 11.9 Å². The Labute approximate surface area is 216 Å². The van der Waals surface area contributed by atoms with Crippen molar-refractivity contribution in [3.05, 3.63) is 0 Å². The van der Waals surface area contributed by atoms with Crippen molar-refractivity contribution in [3.63, 3.8) is 0 Å². The van der Waals surface area contributed by atoms with Crippen LogP contribution in [0.5, 0.6) is 0 Å². The lowest BCUT2D eigenvalue weighted by atomic mass is 9.99. The van der Waals surface area contributed by atoms with Gasteiger partial charge in [-0.05, 0) is 12.8 Å². The second-order valence-corrected chi connectivity index (χ2v) is 10.5. The third-order valence-corrected chi connectivity index (χ3v) is 7.15. The molecule has 0 aromatic rings. The van der Waals surface area contributed by atoms with Crippen LogP contribution >= 0.6 is 0 Å². The van der Waals surface area contributed by atoms with Crippen LogP contribution in [0.15, 0.2) is 0 Å². The summed E-state index contributed by atoms with van der Waals surface area (Å²) in [6, 6.07) is 0. The molecule has 2 atom stereocenters. The first-order chi connectivity index (χ1) is 17.0. The van der Waals surface area contributed by atoms with Crippen molar-refractivity contribution in [1.29, 1.82) is 0 Å². The second-order valence-electron chi connectivity index (χ2n) is 10.5. The molecular weight excluding hydrogens is 440 g/mol. The summed E-state index contributed by atoms with van der Waals surface area (Å²) in [5, 5.41) is 19.0. The lowest BCUT2D eigenvalue weighted by Gasteiger charge is -2.16. The topological polar surface area (TPSA) is 83.8 Å². The predicted molar refractivity (Wildman–Crippen MR) is 146 cm³/mol. The first-order valence-corrected chi connectivity index (χ1v) is 15.1. The molecule has 0 fully saturated rings. The highest BCUT2D eigenvalue weighted by Crippen LogP contribution is 2.17. The predicted octanol–water partition coefficient (Wildman–Crippen LogP) is 9.03. The number of carbonyl (C=O) groups is 2. The Kier molecular flexibility index (Phi) is 25.2. The number of carboxylic acids is 2. The maximum absolute atomic E-state index is 11.6. The minimum Gasteiger partial charge on any atom is -0.481 e. The highest BCUT2D eigenvalue weighted by atomic mass is 16.5. The summed E-state index contributed by atoms with van der Waals surface area (Å²) >= 11 is 0. The average molecular weight is 499 g/mol. The van der Waals surface area contributed by atoms with Gasteiger partial charge in [-0.1, -0.05) is 142 Å². The molecule has 0 saturated heterocycles. The maximum Gasteiger partial charge on any atom is 0.308 e. The molecule has 2 N–H and O–H groups in total. The summed E-state index contributed by atoms with van der Waals surface area (Å²) in [5.41, 5.74) is 0. The maximum atomic E-state index is 11.6. The van der Waals surface area contributed by atoms with Gasteiger partial charge < -0.3 is 14.9 Å². The van der Waals surface area contributed by atoms with E-state index in [-0.39, 0.29) is 13.2 Å². The summed E-state index contributed by atoms with van der Waals surface area (Å²) in [7, 11) is 0. The number of hydrogen-bond acceptors (Lipinski definition) is 3. The fourth-order valence-electron chi connectivity index (χ4n) is 4.67. The number of hydrogen-bond donors (Lipinski definition) is 2. The van der Waals surface area contributed by atoms with Crippen LogP contribution in [0.25, 0.3) is 0 Å². The van der Waals surface area contributed by atoms with Gasteiger partial charge in [-0.3, -0.25) is 9.59 Å². The standard InChI is InChI=1S/C30H58O5/c1-3-5-7-9-11-13-15-17-19-21-23-27(29(31)32)25-35-26-28(30(33)34)24-22-20-18-16-14-12-10-8-6-4-2/h27-28H,3-26H2,1-2H3,(H,31,32)(H,33,34). The van der Waals surface area contributed by atoms with Crippen molar-refractivity contribution in [2.75, 3.05) is 13.2 Å². The van der Waals surface area contributed by atoms with Gasteiger partial charge in [0.15, 0.2) is 0 Å². The Bertz CT molecular complexity index is 437. The quantitative estimate of drug-likeness (QED) is 0.105. The fraction of sp³-hybridized carbons (Fsp3) is 0.933. The second kappa shape index (κ2) is 26.0. The first-order valence-electron chi connectivity index (χ1n) is 15.1. The van der Waals surface area contributed by atoms with E-state index in [1.165, 1.54) is 103 Å². The Hall–Kier alpha value is -1.10. The molecular formula is C30H58O5. The Morgan fingerprint density at radius 1 is 0.486 bits per heavy atom. The monoisotopic (exact) mass is 498 g/mol. The van der Waals surface area contributed by atoms with E-state index in [9.17, 15) is 19.8 Å². The number of unbranched alkanes of at least 4 members (excludes halogenated alkanes) is 18. The normalized spacial score (nSPS) is 13.1. The SMILES string of the molecule is CCCCCCCCCCCCC(COCC(CCCCCCCCCCCC)C(=O)O)C(=O)O. The summed E-state index contributed by atoms with van der Waals surface area (Å²) in [4.78, 5) is 23.1. The van der Waals surface area contributed by atoms with Crippen LogP contribution in [-0.2, 0) is 14.3 Å². The molecule has 0 aliphatic rings. The molecule has 0 aliphatic heterocycles. The van der Waals surface area contributed by atoms with Gasteiger partial charge in [0.05, 0.1) is 25.0 Å². The molecule has 5 heteroatoms. The van der Waals surface area contributed by atoms with Gasteiger partial charge in [0.2, 0.25) is 0 Å². The van der Waals surface area contributed by atoms with Crippen LogP contribution in [0.1, 0.15) is 155 Å². The van der Waals surface area contributed by atoms with Crippen LogP contribution in [-0.4, -0.2) is 35.4 Å². The highest BCUT2D eigenvalue weighted by Gasteiger charge is 2.21. The van der Waals surface area contributed by atoms with Crippen molar-refractivity contribution in [2.45, 2.75) is 155 Å². The van der Waals surface area contributed by atoms with Crippen LogP contribution in [0, 0.1) is 11.8 Å². The molecule has 2 unspecified atom stereocenters. The van der Waals surface area contributed by atoms with E-state index in [2.05, 4.69) is 13.8 Å². The Balaban J connectivity index is 3.85. The molecule has 0 heterocycles. The Morgan fingerprint density at radius 3 is 1.00 bits per heavy atom. The van der Waals surface area contributed by atoms with Gasteiger partial charge in [0.25, 0.3) is 0 Å². The van der Waals surface area contributed by atoms with Crippen LogP contribution in [0.3, 0.4) is 0 Å². The third kappa shape index (κ3) is 23.1. The molecule has 35 heavy (non-hydrogen) atoms. The average Bonchev–Trinajstić information content (AvgIpc) is 2.83. The molecule has 0 aromatic carbocycles. The van der Waals surface area contributed by atoms with Crippen LogP contribution in [0.4, 0.5) is 0 Å². The molecule has 0 aliphatic carbocycles. The van der Waals surface area contributed by atoms with Gasteiger partial charge in [-0.15, -0.1) is 0 Å². The van der Waals surface area contributed by atoms with Gasteiger partial charge in [-0.2, -0.15) is 0 Å². The molecule has 0 saturated carbocycles. The van der Waals surface area contributed by atoms with Gasteiger partial charge in [0.1, 0.15) is 0 Å². The number of rotatable bonds is 28. The zero-order valence-electron chi connectivity index (χ0n) is 23.2. The van der Waals surface area contributed by atoms with Gasteiger partial charge in [0, 0.05) is 0 Å². The van der Waals surface area contributed by atoms with Gasteiger partial charge >= 0.3 is 11.9 Å². The molecule has 0 rings (SSSR count). The number of aliphatic carboxylic acids is 2. The van der Waals surface area contributed by atoms with Gasteiger partial charge in [-0.25, -0.2) is 0 Å². The first kappa shape index (κ1) is 33.9. The van der Waals surface area contributed by atoms with Crippen molar-refractivity contribution in [2.24, 2.45) is 11.8 Å². The van der Waals surface area contributed by atoms with Crippen molar-refractivity contribution < 1.29 is 24.5 Å². The zero-order valence-corrected chi connectivity index (χ0v) is 23.2. The minimum absolute atomic E-state index is 0.120. The van der Waals surface area contributed by atoms with Crippen LogP contribution < -0.4 is 0 Å². The lowest BCUT2D eigenvalue weighted by molar-refractivity contribution is -0.146. The van der Waals surface area contributed by atoms with E-state index in [1.807, 2.05) is 0 Å². The summed E-state index contributed by atoms with van der Waals surface area (Å²) in [6.45, 7) is 4.71. The van der Waals surface area contributed by atoms with E-state index in [1.54, 1.807) is 0 Å². The minimum atomic E-state index is -0.831. The molecule has 0 bridgehead atoms. The fourth-order valence-corrected chi connectivity index (χ4v) is 4.67. The number of ether oxygens (including phenoxy) is 1. The van der Waals surface area contributed by atoms with Crippen molar-refractivity contribution in [3.8, 4) is 0 Å². The number of carboxylic acid groups (broad SMARTS) is 2. The lowest BCUT2D eigenvalue weighted by Crippen LogP contribution is -2.25. The van der Waals surface area contributed by atoms with E-state index >= 15 is 0 Å². The summed E-state index contributed by atoms with van der Waals surface area (Å²) in [6.07, 6.45) is 25.8. The molecule has 0 spiro atoms. The molecule has 0 amide bonds. The summed E-state index contributed by atoms with van der Waals surface area (Å²) in [5.74, 6) is -2.73. The zero-order chi connectivity index (χ0) is 26.0. The molecule has 208 valence electrons. The Morgan fingerprint density at radius 2 is 0.743 bits per heavy atom. The third-order valence-electron chi connectivity index (χ3n) is 7.15. The van der Waals surface area contributed by atoms with E-state index in [0.29, 0.717) is 12.8 Å². The van der Waals surface area contributed by atoms with E-state index < -0.39 is 23.8 Å². The molecule has 0 aromatic heterocycles. The smallest absolute Gasteiger partial charge is 0.308 e.